The molecule has 1 aliphatic heterocycles. The molecule has 2 rings (SSSR count). The van der Waals surface area contributed by atoms with Crippen molar-refractivity contribution < 1.29 is 5.11 Å². The van der Waals surface area contributed by atoms with E-state index in [-0.39, 0.29) is 6.10 Å². The van der Waals surface area contributed by atoms with E-state index in [2.05, 4.69) is 28.7 Å². The lowest BCUT2D eigenvalue weighted by Crippen LogP contribution is -2.23. The maximum Gasteiger partial charge on any atom is 0.133 e. The van der Waals surface area contributed by atoms with Crippen LogP contribution < -0.4 is 4.90 Å². The normalized spacial score (nSPS) is 20.8. The summed E-state index contributed by atoms with van der Waals surface area (Å²) in [6.07, 6.45) is 0.623. The molecule has 0 radical (unpaired) electrons. The average molecular weight is 221 g/mol. The summed E-state index contributed by atoms with van der Waals surface area (Å²) in [5.74, 6) is 2.18. The Hall–Kier alpha value is -1.16. The van der Waals surface area contributed by atoms with Crippen LogP contribution in [0.5, 0.6) is 0 Å². The van der Waals surface area contributed by atoms with Crippen LogP contribution in [0.2, 0.25) is 0 Å². The fourth-order valence-electron chi connectivity index (χ4n) is 1.94. The van der Waals surface area contributed by atoms with Crippen LogP contribution in [0.3, 0.4) is 0 Å². The SMILES string of the molecule is Cc1cc(N2CC[C@H](O)C2)nc(C(C)C)n1. The zero-order valence-electron chi connectivity index (χ0n) is 10.1. The lowest BCUT2D eigenvalue weighted by atomic mass is 10.2. The number of aromatic nitrogens is 2. The lowest BCUT2D eigenvalue weighted by Gasteiger charge is -2.18. The van der Waals surface area contributed by atoms with E-state index in [0.29, 0.717) is 12.5 Å². The highest BCUT2D eigenvalue weighted by Crippen LogP contribution is 2.21. The molecule has 0 bridgehead atoms. The number of rotatable bonds is 2. The van der Waals surface area contributed by atoms with E-state index in [1.807, 2.05) is 13.0 Å². The molecule has 2 heterocycles. The van der Waals surface area contributed by atoms with Crippen LogP contribution in [0, 0.1) is 6.92 Å². The number of hydrogen-bond donors (Lipinski definition) is 1. The minimum Gasteiger partial charge on any atom is -0.391 e. The molecule has 1 aromatic rings. The van der Waals surface area contributed by atoms with Crippen LogP contribution in [0.1, 0.15) is 37.7 Å². The third-order valence-corrected chi connectivity index (χ3v) is 2.86. The van der Waals surface area contributed by atoms with Crippen LogP contribution in [0.15, 0.2) is 6.07 Å². The quantitative estimate of drug-likeness (QED) is 0.821. The van der Waals surface area contributed by atoms with Gasteiger partial charge in [0.05, 0.1) is 6.10 Å². The van der Waals surface area contributed by atoms with Gasteiger partial charge in [0, 0.05) is 30.8 Å². The molecule has 0 unspecified atom stereocenters. The van der Waals surface area contributed by atoms with Gasteiger partial charge in [-0.15, -0.1) is 0 Å². The molecule has 1 aromatic heterocycles. The second kappa shape index (κ2) is 4.37. The molecule has 0 saturated carbocycles. The molecule has 88 valence electrons. The largest absolute Gasteiger partial charge is 0.391 e. The Balaban J connectivity index is 2.27. The molecule has 4 heteroatoms. The monoisotopic (exact) mass is 221 g/mol. The second-order valence-corrected chi connectivity index (χ2v) is 4.77. The maximum absolute atomic E-state index is 9.52. The number of nitrogens with zero attached hydrogens (tertiary/aromatic N) is 3. The van der Waals surface area contributed by atoms with E-state index in [1.165, 1.54) is 0 Å². The van der Waals surface area contributed by atoms with Gasteiger partial charge in [-0.3, -0.25) is 0 Å². The first-order valence-electron chi connectivity index (χ1n) is 5.85. The number of aliphatic hydroxyl groups excluding tert-OH is 1. The first-order valence-corrected chi connectivity index (χ1v) is 5.85. The highest BCUT2D eigenvalue weighted by molar-refractivity contribution is 5.41. The third kappa shape index (κ3) is 2.32. The number of aryl methyl sites for hydroxylation is 1. The number of β-amino-alcohol motifs (C(OH)–C–C–N with tert-alkyl or cyclic N) is 1. The van der Waals surface area contributed by atoms with Crippen molar-refractivity contribution in [1.29, 1.82) is 0 Å². The third-order valence-electron chi connectivity index (χ3n) is 2.86. The molecule has 4 nitrogen and oxygen atoms in total. The molecule has 1 saturated heterocycles. The molecule has 1 N–H and O–H groups in total. The standard InChI is InChI=1S/C12H19N3O/c1-8(2)12-13-9(3)6-11(14-12)15-5-4-10(16)7-15/h6,8,10,16H,4-5,7H2,1-3H3/t10-/m0/s1. The van der Waals surface area contributed by atoms with E-state index < -0.39 is 0 Å². The molecule has 0 amide bonds. The summed E-state index contributed by atoms with van der Waals surface area (Å²) in [6.45, 7) is 7.75. The fourth-order valence-corrected chi connectivity index (χ4v) is 1.94. The van der Waals surface area contributed by atoms with E-state index in [1.54, 1.807) is 0 Å². The number of anilines is 1. The van der Waals surface area contributed by atoms with Gasteiger partial charge in [-0.2, -0.15) is 0 Å². The fraction of sp³-hybridized carbons (Fsp3) is 0.667. The number of aliphatic hydroxyl groups is 1. The topological polar surface area (TPSA) is 49.2 Å². The van der Waals surface area contributed by atoms with Crippen molar-refractivity contribution in [3.63, 3.8) is 0 Å². The lowest BCUT2D eigenvalue weighted by molar-refractivity contribution is 0.198. The smallest absolute Gasteiger partial charge is 0.133 e. The molecule has 0 aliphatic carbocycles. The molecule has 0 spiro atoms. The Morgan fingerprint density at radius 1 is 1.44 bits per heavy atom. The maximum atomic E-state index is 9.52. The van der Waals surface area contributed by atoms with Crippen LogP contribution in [-0.2, 0) is 0 Å². The first-order chi connectivity index (χ1) is 7.56. The van der Waals surface area contributed by atoms with Crippen molar-refractivity contribution in [3.8, 4) is 0 Å². The van der Waals surface area contributed by atoms with Crippen molar-refractivity contribution in [2.45, 2.75) is 39.2 Å². The van der Waals surface area contributed by atoms with Gasteiger partial charge >= 0.3 is 0 Å². The van der Waals surface area contributed by atoms with Gasteiger partial charge in [0.25, 0.3) is 0 Å². The Kier molecular flexibility index (Phi) is 3.10. The summed E-state index contributed by atoms with van der Waals surface area (Å²) < 4.78 is 0. The molecular formula is C12H19N3O. The van der Waals surface area contributed by atoms with Gasteiger partial charge in [-0.25, -0.2) is 9.97 Å². The van der Waals surface area contributed by atoms with Crippen molar-refractivity contribution in [2.24, 2.45) is 0 Å². The van der Waals surface area contributed by atoms with Gasteiger partial charge < -0.3 is 10.0 Å². The van der Waals surface area contributed by atoms with Crippen LogP contribution in [0.4, 0.5) is 5.82 Å². The van der Waals surface area contributed by atoms with Gasteiger partial charge in [0.15, 0.2) is 0 Å². The van der Waals surface area contributed by atoms with Crippen molar-refractivity contribution in [2.75, 3.05) is 18.0 Å². The van der Waals surface area contributed by atoms with Crippen molar-refractivity contribution in [1.82, 2.24) is 9.97 Å². The molecule has 0 aromatic carbocycles. The van der Waals surface area contributed by atoms with Gasteiger partial charge in [0.1, 0.15) is 11.6 Å². The molecule has 1 aliphatic rings. The van der Waals surface area contributed by atoms with Gasteiger partial charge in [0.2, 0.25) is 0 Å². The summed E-state index contributed by atoms with van der Waals surface area (Å²) in [5, 5.41) is 9.52. The summed E-state index contributed by atoms with van der Waals surface area (Å²) in [7, 11) is 0. The molecule has 16 heavy (non-hydrogen) atoms. The van der Waals surface area contributed by atoms with Gasteiger partial charge in [-0.1, -0.05) is 13.8 Å². The predicted molar refractivity (Wildman–Crippen MR) is 63.7 cm³/mol. The number of hydrogen-bond acceptors (Lipinski definition) is 4. The highest BCUT2D eigenvalue weighted by atomic mass is 16.3. The van der Waals surface area contributed by atoms with Crippen LogP contribution >= 0.6 is 0 Å². The Morgan fingerprint density at radius 2 is 2.19 bits per heavy atom. The Bertz CT molecular complexity index is 379. The van der Waals surface area contributed by atoms with Crippen molar-refractivity contribution in [3.05, 3.63) is 17.6 Å². The minimum absolute atomic E-state index is 0.210. The zero-order valence-corrected chi connectivity index (χ0v) is 10.1. The molecule has 1 fully saturated rings. The average Bonchev–Trinajstić information content (AvgIpc) is 2.64. The van der Waals surface area contributed by atoms with E-state index in [0.717, 1.165) is 30.3 Å². The highest BCUT2D eigenvalue weighted by Gasteiger charge is 2.22. The first kappa shape index (κ1) is 11.3. The summed E-state index contributed by atoms with van der Waals surface area (Å²) in [4.78, 5) is 11.1. The van der Waals surface area contributed by atoms with Crippen LogP contribution in [0.25, 0.3) is 0 Å². The van der Waals surface area contributed by atoms with E-state index in [4.69, 9.17) is 0 Å². The zero-order chi connectivity index (χ0) is 11.7. The summed E-state index contributed by atoms with van der Waals surface area (Å²) in [5.41, 5.74) is 0.995. The molecule has 1 atom stereocenters. The second-order valence-electron chi connectivity index (χ2n) is 4.77. The van der Waals surface area contributed by atoms with Crippen molar-refractivity contribution >= 4 is 5.82 Å². The minimum atomic E-state index is -0.210. The molecular weight excluding hydrogens is 202 g/mol. The summed E-state index contributed by atoms with van der Waals surface area (Å²) >= 11 is 0. The summed E-state index contributed by atoms with van der Waals surface area (Å²) in [6, 6.07) is 1.99. The predicted octanol–water partition coefficient (Wildman–Crippen LogP) is 1.48. The van der Waals surface area contributed by atoms with E-state index >= 15 is 0 Å². The Labute approximate surface area is 96.3 Å². The van der Waals surface area contributed by atoms with Crippen LogP contribution in [-0.4, -0.2) is 34.3 Å². The van der Waals surface area contributed by atoms with E-state index in [9.17, 15) is 5.11 Å². The Morgan fingerprint density at radius 3 is 2.75 bits per heavy atom. The van der Waals surface area contributed by atoms with Gasteiger partial charge in [-0.05, 0) is 13.3 Å².